The SMILES string of the molecule is Cc1cc([N+](=O)[O-])ccc1C(=O)N1CCC[C@H]1CN1CCOCC1. The molecule has 0 spiro atoms. The fourth-order valence-corrected chi connectivity index (χ4v) is 3.53. The summed E-state index contributed by atoms with van der Waals surface area (Å²) in [7, 11) is 0. The van der Waals surface area contributed by atoms with Gasteiger partial charge in [-0.15, -0.1) is 0 Å². The third kappa shape index (κ3) is 3.57. The average molecular weight is 333 g/mol. The van der Waals surface area contributed by atoms with E-state index in [9.17, 15) is 14.9 Å². The highest BCUT2D eigenvalue weighted by Crippen LogP contribution is 2.24. The first-order chi connectivity index (χ1) is 11.6. The summed E-state index contributed by atoms with van der Waals surface area (Å²) in [5.74, 6) is -0.0156. The van der Waals surface area contributed by atoms with Gasteiger partial charge in [0.25, 0.3) is 11.6 Å². The lowest BCUT2D eigenvalue weighted by Gasteiger charge is -2.33. The number of nitro benzene ring substituents is 1. The Bertz CT molecular complexity index is 628. The van der Waals surface area contributed by atoms with Crippen LogP contribution in [-0.2, 0) is 4.74 Å². The van der Waals surface area contributed by atoms with E-state index < -0.39 is 4.92 Å². The fraction of sp³-hybridized carbons (Fsp3) is 0.588. The summed E-state index contributed by atoms with van der Waals surface area (Å²) < 4.78 is 5.38. The Hall–Kier alpha value is -1.99. The molecular formula is C17H23N3O4. The first-order valence-corrected chi connectivity index (χ1v) is 8.42. The number of hydrogen-bond acceptors (Lipinski definition) is 5. The van der Waals surface area contributed by atoms with Crippen molar-refractivity contribution in [3.63, 3.8) is 0 Å². The van der Waals surface area contributed by atoms with Gasteiger partial charge in [0.05, 0.1) is 18.1 Å². The molecule has 7 nitrogen and oxygen atoms in total. The highest BCUT2D eigenvalue weighted by Gasteiger charge is 2.32. The number of carbonyl (C=O) groups is 1. The minimum absolute atomic E-state index is 0.0156. The van der Waals surface area contributed by atoms with Crippen molar-refractivity contribution < 1.29 is 14.5 Å². The van der Waals surface area contributed by atoms with E-state index in [1.165, 1.54) is 12.1 Å². The van der Waals surface area contributed by atoms with Crippen LogP contribution in [0.1, 0.15) is 28.8 Å². The van der Waals surface area contributed by atoms with Gasteiger partial charge in [0.2, 0.25) is 0 Å². The van der Waals surface area contributed by atoms with Crippen molar-refractivity contribution in [2.45, 2.75) is 25.8 Å². The highest BCUT2D eigenvalue weighted by molar-refractivity contribution is 5.96. The van der Waals surface area contributed by atoms with Crippen molar-refractivity contribution in [1.82, 2.24) is 9.80 Å². The normalized spacial score (nSPS) is 21.9. The van der Waals surface area contributed by atoms with Gasteiger partial charge in [-0.2, -0.15) is 0 Å². The van der Waals surface area contributed by atoms with Gasteiger partial charge in [0.1, 0.15) is 0 Å². The van der Waals surface area contributed by atoms with Gasteiger partial charge in [-0.25, -0.2) is 0 Å². The van der Waals surface area contributed by atoms with Crippen molar-refractivity contribution in [3.8, 4) is 0 Å². The van der Waals surface area contributed by atoms with Crippen LogP contribution >= 0.6 is 0 Å². The number of carbonyl (C=O) groups excluding carboxylic acids is 1. The van der Waals surface area contributed by atoms with Crippen LogP contribution in [0.5, 0.6) is 0 Å². The first-order valence-electron chi connectivity index (χ1n) is 8.42. The Balaban J connectivity index is 1.72. The number of aryl methyl sites for hydroxylation is 1. The molecule has 0 N–H and O–H groups in total. The molecule has 0 aromatic heterocycles. The molecule has 2 aliphatic rings. The number of rotatable bonds is 4. The zero-order valence-electron chi connectivity index (χ0n) is 13.9. The van der Waals surface area contributed by atoms with E-state index in [1.54, 1.807) is 13.0 Å². The molecule has 0 radical (unpaired) electrons. The van der Waals surface area contributed by atoms with Gasteiger partial charge >= 0.3 is 0 Å². The zero-order chi connectivity index (χ0) is 17.1. The van der Waals surface area contributed by atoms with E-state index in [4.69, 9.17) is 4.74 Å². The molecule has 1 atom stereocenters. The molecule has 1 aromatic carbocycles. The zero-order valence-corrected chi connectivity index (χ0v) is 13.9. The van der Waals surface area contributed by atoms with Crippen molar-refractivity contribution >= 4 is 11.6 Å². The van der Waals surface area contributed by atoms with Crippen LogP contribution in [0, 0.1) is 17.0 Å². The Labute approximate surface area is 141 Å². The number of amides is 1. The topological polar surface area (TPSA) is 75.9 Å². The number of nitro groups is 1. The molecular weight excluding hydrogens is 310 g/mol. The van der Waals surface area contributed by atoms with Crippen LogP contribution in [0.15, 0.2) is 18.2 Å². The number of nitrogens with zero attached hydrogens (tertiary/aromatic N) is 3. The molecule has 1 aromatic rings. The maximum atomic E-state index is 12.9. The molecule has 0 aliphatic carbocycles. The predicted octanol–water partition coefficient (Wildman–Crippen LogP) is 1.84. The number of likely N-dealkylation sites (tertiary alicyclic amines) is 1. The molecule has 0 saturated carbocycles. The summed E-state index contributed by atoms with van der Waals surface area (Å²) in [6.07, 6.45) is 2.02. The molecule has 130 valence electrons. The molecule has 2 fully saturated rings. The van der Waals surface area contributed by atoms with Crippen molar-refractivity contribution in [1.29, 1.82) is 0 Å². The maximum absolute atomic E-state index is 12.9. The number of benzene rings is 1. The first kappa shape index (κ1) is 16.9. The average Bonchev–Trinajstić information content (AvgIpc) is 3.03. The molecule has 24 heavy (non-hydrogen) atoms. The van der Waals surface area contributed by atoms with Gasteiger partial charge in [-0.05, 0) is 31.4 Å². The number of ether oxygens (including phenoxy) is 1. The smallest absolute Gasteiger partial charge is 0.269 e. The van der Waals surface area contributed by atoms with E-state index >= 15 is 0 Å². The molecule has 2 aliphatic heterocycles. The monoisotopic (exact) mass is 333 g/mol. The van der Waals surface area contributed by atoms with Crippen LogP contribution in [-0.4, -0.2) is 66.1 Å². The van der Waals surface area contributed by atoms with Crippen LogP contribution in [0.2, 0.25) is 0 Å². The summed E-state index contributed by atoms with van der Waals surface area (Å²) >= 11 is 0. The van der Waals surface area contributed by atoms with Gasteiger partial charge in [0, 0.05) is 49.9 Å². The predicted molar refractivity (Wildman–Crippen MR) is 89.2 cm³/mol. The molecule has 0 bridgehead atoms. The van der Waals surface area contributed by atoms with Crippen LogP contribution in [0.25, 0.3) is 0 Å². The number of hydrogen-bond donors (Lipinski definition) is 0. The van der Waals surface area contributed by atoms with Gasteiger partial charge < -0.3 is 9.64 Å². The molecule has 3 rings (SSSR count). The van der Waals surface area contributed by atoms with E-state index in [0.717, 1.165) is 52.2 Å². The minimum atomic E-state index is -0.432. The lowest BCUT2D eigenvalue weighted by Crippen LogP contribution is -2.46. The second-order valence-electron chi connectivity index (χ2n) is 6.46. The summed E-state index contributed by atoms with van der Waals surface area (Å²) in [6.45, 7) is 6.72. The molecule has 2 heterocycles. The lowest BCUT2D eigenvalue weighted by atomic mass is 10.1. The van der Waals surface area contributed by atoms with E-state index in [1.807, 2.05) is 4.90 Å². The second kappa shape index (κ2) is 7.27. The molecule has 7 heteroatoms. The van der Waals surface area contributed by atoms with Crippen molar-refractivity contribution in [2.24, 2.45) is 0 Å². The quantitative estimate of drug-likeness (QED) is 0.621. The summed E-state index contributed by atoms with van der Waals surface area (Å²) in [5.41, 5.74) is 1.25. The summed E-state index contributed by atoms with van der Waals surface area (Å²) in [5, 5.41) is 10.9. The molecule has 1 amide bonds. The third-order valence-corrected chi connectivity index (χ3v) is 4.86. The fourth-order valence-electron chi connectivity index (χ4n) is 3.53. The summed E-state index contributed by atoms with van der Waals surface area (Å²) in [4.78, 5) is 27.6. The van der Waals surface area contributed by atoms with Crippen molar-refractivity contribution in [3.05, 3.63) is 39.4 Å². The van der Waals surface area contributed by atoms with E-state index in [-0.39, 0.29) is 17.6 Å². The van der Waals surface area contributed by atoms with Gasteiger partial charge in [-0.1, -0.05) is 0 Å². The Kier molecular flexibility index (Phi) is 5.11. The largest absolute Gasteiger partial charge is 0.379 e. The van der Waals surface area contributed by atoms with Crippen LogP contribution in [0.4, 0.5) is 5.69 Å². The lowest BCUT2D eigenvalue weighted by molar-refractivity contribution is -0.384. The van der Waals surface area contributed by atoms with Crippen LogP contribution in [0.3, 0.4) is 0 Å². The van der Waals surface area contributed by atoms with E-state index in [0.29, 0.717) is 11.1 Å². The number of morpholine rings is 1. The Morgan fingerprint density at radius 1 is 1.33 bits per heavy atom. The van der Waals surface area contributed by atoms with Crippen LogP contribution < -0.4 is 0 Å². The summed E-state index contributed by atoms with van der Waals surface area (Å²) in [6, 6.07) is 4.68. The second-order valence-corrected chi connectivity index (χ2v) is 6.46. The standard InChI is InChI=1S/C17H23N3O4/c1-13-11-14(20(22)23)4-5-16(13)17(21)19-6-2-3-15(19)12-18-7-9-24-10-8-18/h4-5,11,15H,2-3,6-10,12H2,1H3/t15-/m0/s1. The third-order valence-electron chi connectivity index (χ3n) is 4.86. The Morgan fingerprint density at radius 2 is 2.08 bits per heavy atom. The van der Waals surface area contributed by atoms with Gasteiger partial charge in [0.15, 0.2) is 0 Å². The number of non-ortho nitro benzene ring substituents is 1. The maximum Gasteiger partial charge on any atom is 0.269 e. The van der Waals surface area contributed by atoms with E-state index in [2.05, 4.69) is 4.90 Å². The Morgan fingerprint density at radius 3 is 2.75 bits per heavy atom. The highest BCUT2D eigenvalue weighted by atomic mass is 16.6. The molecule has 2 saturated heterocycles. The van der Waals surface area contributed by atoms with Crippen molar-refractivity contribution in [2.75, 3.05) is 39.4 Å². The molecule has 0 unspecified atom stereocenters. The minimum Gasteiger partial charge on any atom is -0.379 e. The van der Waals surface area contributed by atoms with Gasteiger partial charge in [-0.3, -0.25) is 19.8 Å².